The summed E-state index contributed by atoms with van der Waals surface area (Å²) in [6, 6.07) is 3.90. The highest BCUT2D eigenvalue weighted by Gasteiger charge is 2.06. The molecule has 0 saturated carbocycles. The van der Waals surface area contributed by atoms with Gasteiger partial charge in [-0.1, -0.05) is 0 Å². The lowest BCUT2D eigenvalue weighted by atomic mass is 10.4. The first-order valence-corrected chi connectivity index (χ1v) is 5.11. The second-order valence-corrected chi connectivity index (χ2v) is 4.87. The number of nitrogens with zero attached hydrogens (tertiary/aromatic N) is 1. The Kier molecular flexibility index (Phi) is 2.21. The molecule has 0 radical (unpaired) electrons. The maximum Gasteiger partial charge on any atom is 0.292 e. The van der Waals surface area contributed by atoms with Crippen LogP contribution in [0.3, 0.4) is 0 Å². The molecule has 0 aromatic carbocycles. The van der Waals surface area contributed by atoms with Gasteiger partial charge in [-0.15, -0.1) is 11.3 Å². The van der Waals surface area contributed by atoms with Crippen molar-refractivity contribution >= 4 is 38.9 Å². The summed E-state index contributed by atoms with van der Waals surface area (Å²) in [5.41, 5.74) is 0. The van der Waals surface area contributed by atoms with E-state index < -0.39 is 0 Å². The first-order chi connectivity index (χ1) is 5.75. The van der Waals surface area contributed by atoms with E-state index in [-0.39, 0.29) is 5.35 Å². The van der Waals surface area contributed by atoms with E-state index in [1.807, 2.05) is 12.1 Å². The molecule has 0 aliphatic heterocycles. The van der Waals surface area contributed by atoms with Crippen LogP contribution in [0.4, 0.5) is 0 Å². The van der Waals surface area contributed by atoms with Gasteiger partial charge in [0.25, 0.3) is 5.35 Å². The average molecular weight is 265 g/mol. The monoisotopic (exact) mass is 263 g/mol. The largest absolute Gasteiger partial charge is 0.427 e. The Morgan fingerprint density at radius 2 is 2.33 bits per heavy atom. The molecule has 0 unspecified atom stereocenters. The van der Waals surface area contributed by atoms with Crippen molar-refractivity contribution in [1.29, 1.82) is 0 Å². The van der Waals surface area contributed by atoms with Gasteiger partial charge in [-0.2, -0.15) is 0 Å². The number of aromatic nitrogens is 1. The molecule has 0 fully saturated rings. The third-order valence-corrected chi connectivity index (χ3v) is 3.11. The Balaban J connectivity index is 2.43. The number of hydrogen-bond donors (Lipinski definition) is 0. The molecule has 0 aliphatic carbocycles. The quantitative estimate of drug-likeness (QED) is 0.782. The zero-order valence-corrected chi connectivity index (χ0v) is 8.91. The normalized spacial score (nSPS) is 10.5. The van der Waals surface area contributed by atoms with Crippen LogP contribution in [0.2, 0.25) is 5.35 Å². The van der Waals surface area contributed by atoms with Gasteiger partial charge in [0.05, 0.1) is 14.9 Å². The van der Waals surface area contributed by atoms with E-state index in [4.69, 9.17) is 16.0 Å². The van der Waals surface area contributed by atoms with Crippen LogP contribution in [0.5, 0.6) is 0 Å². The predicted molar refractivity (Wildman–Crippen MR) is 52.5 cm³/mol. The van der Waals surface area contributed by atoms with Crippen molar-refractivity contribution in [2.75, 3.05) is 0 Å². The number of oxazole rings is 1. The third-order valence-electron chi connectivity index (χ3n) is 1.29. The molecule has 5 heteroatoms. The summed E-state index contributed by atoms with van der Waals surface area (Å²) in [6.45, 7) is 0. The molecule has 2 nitrogen and oxygen atoms in total. The fourth-order valence-corrected chi connectivity index (χ4v) is 2.28. The summed E-state index contributed by atoms with van der Waals surface area (Å²) in [5, 5.41) is 0.175. The molecule has 2 aromatic rings. The topological polar surface area (TPSA) is 26.0 Å². The molecule has 2 aromatic heterocycles. The molecule has 0 bridgehead atoms. The van der Waals surface area contributed by atoms with Crippen molar-refractivity contribution in [1.82, 2.24) is 4.98 Å². The molecule has 0 atom stereocenters. The third kappa shape index (κ3) is 1.55. The summed E-state index contributed by atoms with van der Waals surface area (Å²) < 4.78 is 6.19. The minimum Gasteiger partial charge on any atom is -0.427 e. The molecule has 62 valence electrons. The maximum absolute atomic E-state index is 5.53. The van der Waals surface area contributed by atoms with Crippen LogP contribution in [-0.2, 0) is 0 Å². The molecule has 0 saturated heterocycles. The number of thiophene rings is 1. The van der Waals surface area contributed by atoms with Crippen molar-refractivity contribution in [3.05, 3.63) is 27.5 Å². The van der Waals surface area contributed by atoms with Gasteiger partial charge in [0.1, 0.15) is 0 Å². The highest BCUT2D eigenvalue weighted by Crippen LogP contribution is 2.32. The van der Waals surface area contributed by atoms with Gasteiger partial charge in [-0.3, -0.25) is 0 Å². The van der Waals surface area contributed by atoms with E-state index in [0.29, 0.717) is 5.76 Å². The molecular formula is C7H3BrClNOS. The highest BCUT2D eigenvalue weighted by atomic mass is 79.9. The minimum atomic E-state index is 0.175. The molecule has 12 heavy (non-hydrogen) atoms. The summed E-state index contributed by atoms with van der Waals surface area (Å²) >= 11 is 10.5. The van der Waals surface area contributed by atoms with Gasteiger partial charge in [-0.05, 0) is 39.7 Å². The van der Waals surface area contributed by atoms with Crippen molar-refractivity contribution in [2.24, 2.45) is 0 Å². The molecule has 2 heterocycles. The van der Waals surface area contributed by atoms with Gasteiger partial charge in [0, 0.05) is 0 Å². The van der Waals surface area contributed by atoms with Crippen LogP contribution in [-0.4, -0.2) is 4.98 Å². The van der Waals surface area contributed by atoms with Crippen LogP contribution in [0, 0.1) is 0 Å². The Labute approximate surface area is 86.3 Å². The molecule has 0 aliphatic rings. The second kappa shape index (κ2) is 3.20. The molecule has 2 rings (SSSR count). The van der Waals surface area contributed by atoms with Crippen molar-refractivity contribution in [2.45, 2.75) is 0 Å². The van der Waals surface area contributed by atoms with Crippen LogP contribution < -0.4 is 0 Å². The van der Waals surface area contributed by atoms with Gasteiger partial charge in [0.15, 0.2) is 5.76 Å². The van der Waals surface area contributed by atoms with Crippen LogP contribution in [0.1, 0.15) is 0 Å². The number of hydrogen-bond acceptors (Lipinski definition) is 3. The van der Waals surface area contributed by atoms with E-state index in [2.05, 4.69) is 20.9 Å². The van der Waals surface area contributed by atoms with E-state index in [0.717, 1.165) is 8.66 Å². The average Bonchev–Trinajstić information content (AvgIpc) is 2.58. The minimum absolute atomic E-state index is 0.175. The fourth-order valence-electron chi connectivity index (χ4n) is 0.813. The summed E-state index contributed by atoms with van der Waals surface area (Å²) in [7, 11) is 0. The van der Waals surface area contributed by atoms with Crippen molar-refractivity contribution in [3.63, 3.8) is 0 Å². The lowest BCUT2D eigenvalue weighted by molar-refractivity contribution is 0.575. The summed E-state index contributed by atoms with van der Waals surface area (Å²) in [6.07, 6.45) is 1.61. The Bertz CT molecular complexity index is 359. The maximum atomic E-state index is 5.53. The highest BCUT2D eigenvalue weighted by molar-refractivity contribution is 9.11. The number of halogens is 2. The van der Waals surface area contributed by atoms with Crippen LogP contribution in [0.25, 0.3) is 10.6 Å². The zero-order chi connectivity index (χ0) is 8.55. The predicted octanol–water partition coefficient (Wildman–Crippen LogP) is 3.82. The van der Waals surface area contributed by atoms with Gasteiger partial charge in [-0.25, -0.2) is 4.98 Å². The van der Waals surface area contributed by atoms with Gasteiger partial charge < -0.3 is 4.42 Å². The first kappa shape index (κ1) is 8.29. The Morgan fingerprint density at radius 1 is 1.50 bits per heavy atom. The molecule has 0 spiro atoms. The zero-order valence-electron chi connectivity index (χ0n) is 5.75. The SMILES string of the molecule is Clc1ncc(-c2ccc(Br)s2)o1. The standard InChI is InChI=1S/C7H3BrClNOS/c8-6-2-1-5(12-6)4-3-10-7(9)11-4/h1-3H. The lowest BCUT2D eigenvalue weighted by Crippen LogP contribution is -1.59. The van der Waals surface area contributed by atoms with E-state index in [1.54, 1.807) is 17.5 Å². The van der Waals surface area contributed by atoms with Gasteiger partial charge >= 0.3 is 0 Å². The van der Waals surface area contributed by atoms with Crippen LogP contribution in [0.15, 0.2) is 26.5 Å². The Hall–Kier alpha value is -0.320. The van der Waals surface area contributed by atoms with Crippen molar-refractivity contribution in [3.8, 4) is 10.6 Å². The van der Waals surface area contributed by atoms with Gasteiger partial charge in [0.2, 0.25) is 0 Å². The molecule has 0 N–H and O–H groups in total. The molecule has 0 amide bonds. The summed E-state index contributed by atoms with van der Waals surface area (Å²) in [5.74, 6) is 0.704. The molecular weight excluding hydrogens is 262 g/mol. The van der Waals surface area contributed by atoms with E-state index >= 15 is 0 Å². The first-order valence-electron chi connectivity index (χ1n) is 3.13. The second-order valence-electron chi connectivity index (χ2n) is 2.08. The van der Waals surface area contributed by atoms with Crippen LogP contribution >= 0.6 is 38.9 Å². The van der Waals surface area contributed by atoms with Crippen molar-refractivity contribution < 1.29 is 4.42 Å². The number of rotatable bonds is 1. The Morgan fingerprint density at radius 3 is 2.83 bits per heavy atom. The lowest BCUT2D eigenvalue weighted by Gasteiger charge is -1.84. The summed E-state index contributed by atoms with van der Waals surface area (Å²) in [4.78, 5) is 4.81. The smallest absolute Gasteiger partial charge is 0.292 e. The fraction of sp³-hybridized carbons (Fsp3) is 0. The van der Waals surface area contributed by atoms with E-state index in [1.165, 1.54) is 0 Å². The van der Waals surface area contributed by atoms with E-state index in [9.17, 15) is 0 Å².